The average Bonchev–Trinajstić information content (AvgIpc) is 2.69. The van der Waals surface area contributed by atoms with Gasteiger partial charge < -0.3 is 20.7 Å². The summed E-state index contributed by atoms with van der Waals surface area (Å²) in [5, 5.41) is 9.01. The number of anilines is 1. The Morgan fingerprint density at radius 2 is 1.96 bits per heavy atom. The van der Waals surface area contributed by atoms with Crippen molar-refractivity contribution in [3.8, 4) is 0 Å². The van der Waals surface area contributed by atoms with Gasteiger partial charge in [0, 0.05) is 17.8 Å². The van der Waals surface area contributed by atoms with Crippen molar-refractivity contribution in [1.82, 2.24) is 10.6 Å². The molecular weight excluding hydrogens is 330 g/mol. The zero-order valence-electron chi connectivity index (χ0n) is 14.7. The van der Waals surface area contributed by atoms with Gasteiger partial charge in [-0.05, 0) is 36.8 Å². The number of morpholine rings is 1. The molecule has 1 saturated heterocycles. The largest absolute Gasteiger partial charge is 0.378 e. The highest BCUT2D eigenvalue weighted by atomic mass is 16.5. The van der Waals surface area contributed by atoms with Crippen molar-refractivity contribution in [3.05, 3.63) is 65.7 Å². The van der Waals surface area contributed by atoms with Gasteiger partial charge >= 0.3 is 0 Å². The normalized spacial score (nSPS) is 18.0. The monoisotopic (exact) mass is 353 g/mol. The molecule has 2 amide bonds. The molecule has 6 heteroatoms. The first-order chi connectivity index (χ1) is 12.6. The number of nitrogens with one attached hydrogen (secondary N) is 3. The molecule has 1 fully saturated rings. The van der Waals surface area contributed by atoms with Gasteiger partial charge in [0.15, 0.2) is 0 Å². The van der Waals surface area contributed by atoms with Crippen LogP contribution in [0.4, 0.5) is 5.69 Å². The maximum Gasteiger partial charge on any atom is 0.255 e. The van der Waals surface area contributed by atoms with Crippen LogP contribution in [0.15, 0.2) is 54.6 Å². The van der Waals surface area contributed by atoms with Gasteiger partial charge in [-0.1, -0.05) is 30.3 Å². The van der Waals surface area contributed by atoms with Crippen molar-refractivity contribution in [2.45, 2.75) is 19.0 Å². The topological polar surface area (TPSA) is 79.5 Å². The summed E-state index contributed by atoms with van der Waals surface area (Å²) < 4.78 is 5.32. The van der Waals surface area contributed by atoms with Crippen LogP contribution in [0.3, 0.4) is 0 Å². The third-order valence-corrected chi connectivity index (χ3v) is 4.28. The summed E-state index contributed by atoms with van der Waals surface area (Å²) in [6.45, 7) is 3.60. The fourth-order valence-electron chi connectivity index (χ4n) is 2.81. The van der Waals surface area contributed by atoms with Gasteiger partial charge in [-0.25, -0.2) is 0 Å². The Kier molecular flexibility index (Phi) is 5.99. The van der Waals surface area contributed by atoms with Crippen LogP contribution in [-0.4, -0.2) is 37.6 Å². The van der Waals surface area contributed by atoms with Crippen molar-refractivity contribution in [2.24, 2.45) is 0 Å². The third kappa shape index (κ3) is 4.68. The second-order valence-electron chi connectivity index (χ2n) is 6.26. The number of ether oxygens (including phenoxy) is 1. The van der Waals surface area contributed by atoms with E-state index in [-0.39, 0.29) is 23.9 Å². The summed E-state index contributed by atoms with van der Waals surface area (Å²) in [6, 6.07) is 16.0. The predicted molar refractivity (Wildman–Crippen MR) is 100 cm³/mol. The Morgan fingerprint density at radius 3 is 2.69 bits per heavy atom. The average molecular weight is 353 g/mol. The highest BCUT2D eigenvalue weighted by molar-refractivity contribution is 6.04. The second-order valence-corrected chi connectivity index (χ2v) is 6.26. The molecular formula is C20H23N3O3. The first-order valence-corrected chi connectivity index (χ1v) is 8.71. The van der Waals surface area contributed by atoms with Crippen LogP contribution in [-0.2, 0) is 9.53 Å². The molecule has 3 N–H and O–H groups in total. The highest BCUT2D eigenvalue weighted by Gasteiger charge is 2.22. The molecule has 2 unspecified atom stereocenters. The van der Waals surface area contributed by atoms with Gasteiger partial charge in [-0.15, -0.1) is 0 Å². The van der Waals surface area contributed by atoms with Crippen LogP contribution in [0, 0.1) is 0 Å². The zero-order chi connectivity index (χ0) is 18.4. The van der Waals surface area contributed by atoms with Gasteiger partial charge in [-0.3, -0.25) is 9.59 Å². The molecule has 2 aromatic carbocycles. The fraction of sp³-hybridized carbons (Fsp3) is 0.300. The number of benzene rings is 2. The Balaban J connectivity index is 1.62. The Bertz CT molecular complexity index is 758. The quantitative estimate of drug-likeness (QED) is 0.769. The van der Waals surface area contributed by atoms with Gasteiger partial charge in [0.05, 0.1) is 19.3 Å². The van der Waals surface area contributed by atoms with E-state index in [0.29, 0.717) is 31.0 Å². The summed E-state index contributed by atoms with van der Waals surface area (Å²) in [5.41, 5.74) is 2.21. The first-order valence-electron chi connectivity index (χ1n) is 8.71. The molecule has 1 aliphatic rings. The summed E-state index contributed by atoms with van der Waals surface area (Å²) in [5.74, 6) is -0.251. The maximum absolute atomic E-state index is 12.3. The van der Waals surface area contributed by atoms with E-state index in [0.717, 1.165) is 5.56 Å². The molecule has 0 bridgehead atoms. The molecule has 2 atom stereocenters. The van der Waals surface area contributed by atoms with Crippen LogP contribution < -0.4 is 16.0 Å². The minimum absolute atomic E-state index is 0.0871. The van der Waals surface area contributed by atoms with Gasteiger partial charge in [0.1, 0.15) is 6.04 Å². The molecule has 2 aromatic rings. The van der Waals surface area contributed by atoms with Crippen molar-refractivity contribution in [1.29, 1.82) is 0 Å². The lowest BCUT2D eigenvalue weighted by Gasteiger charge is -2.25. The Hall–Kier alpha value is -2.70. The summed E-state index contributed by atoms with van der Waals surface area (Å²) in [7, 11) is 0. The second kappa shape index (κ2) is 8.60. The predicted octanol–water partition coefficient (Wildman–Crippen LogP) is 2.10. The lowest BCUT2D eigenvalue weighted by molar-refractivity contribution is -0.126. The fourth-order valence-corrected chi connectivity index (χ4v) is 2.81. The Morgan fingerprint density at radius 1 is 1.15 bits per heavy atom. The maximum atomic E-state index is 12.3. The van der Waals surface area contributed by atoms with Crippen molar-refractivity contribution in [3.63, 3.8) is 0 Å². The molecule has 0 saturated carbocycles. The van der Waals surface area contributed by atoms with Crippen molar-refractivity contribution in [2.75, 3.05) is 25.1 Å². The smallest absolute Gasteiger partial charge is 0.255 e. The molecule has 1 heterocycles. The lowest BCUT2D eigenvalue weighted by Crippen LogP contribution is -2.51. The van der Waals surface area contributed by atoms with Crippen LogP contribution in [0.5, 0.6) is 0 Å². The zero-order valence-corrected chi connectivity index (χ0v) is 14.7. The SMILES string of the molecule is CC(NC(=O)C1COCCN1)c1cccc(NC(=O)c2ccccc2)c1. The van der Waals surface area contributed by atoms with Crippen LogP contribution in [0.25, 0.3) is 0 Å². The number of rotatable bonds is 5. The minimum Gasteiger partial charge on any atom is -0.378 e. The molecule has 0 radical (unpaired) electrons. The number of carbonyl (C=O) groups excluding carboxylic acids is 2. The molecule has 26 heavy (non-hydrogen) atoms. The van der Waals surface area contributed by atoms with Gasteiger partial charge in [0.25, 0.3) is 5.91 Å². The van der Waals surface area contributed by atoms with Crippen LogP contribution >= 0.6 is 0 Å². The molecule has 6 nitrogen and oxygen atoms in total. The number of hydrogen-bond acceptors (Lipinski definition) is 4. The summed E-state index contributed by atoms with van der Waals surface area (Å²) in [4.78, 5) is 24.6. The third-order valence-electron chi connectivity index (χ3n) is 4.28. The highest BCUT2D eigenvalue weighted by Crippen LogP contribution is 2.18. The first kappa shape index (κ1) is 18.1. The molecule has 0 spiro atoms. The molecule has 3 rings (SSSR count). The van der Waals surface area contributed by atoms with Crippen LogP contribution in [0.1, 0.15) is 28.9 Å². The molecule has 0 aromatic heterocycles. The summed E-state index contributed by atoms with van der Waals surface area (Å²) >= 11 is 0. The van der Waals surface area contributed by atoms with Crippen LogP contribution in [0.2, 0.25) is 0 Å². The van der Waals surface area contributed by atoms with E-state index >= 15 is 0 Å². The number of carbonyl (C=O) groups is 2. The van der Waals surface area contributed by atoms with Crippen molar-refractivity contribution < 1.29 is 14.3 Å². The summed E-state index contributed by atoms with van der Waals surface area (Å²) in [6.07, 6.45) is 0. The van der Waals surface area contributed by atoms with Gasteiger partial charge in [-0.2, -0.15) is 0 Å². The number of hydrogen-bond donors (Lipinski definition) is 3. The van der Waals surface area contributed by atoms with Gasteiger partial charge in [0.2, 0.25) is 5.91 Å². The standard InChI is InChI=1S/C20H23N3O3/c1-14(22-20(25)18-13-26-11-10-21-18)16-8-5-9-17(12-16)23-19(24)15-6-3-2-4-7-15/h2-9,12,14,18,21H,10-11,13H2,1H3,(H,22,25)(H,23,24). The van der Waals surface area contributed by atoms with Crippen molar-refractivity contribution >= 4 is 17.5 Å². The number of amides is 2. The van der Waals surface area contributed by atoms with E-state index < -0.39 is 0 Å². The lowest BCUT2D eigenvalue weighted by atomic mass is 10.1. The van der Waals surface area contributed by atoms with E-state index in [1.807, 2.05) is 49.4 Å². The van der Waals surface area contributed by atoms with E-state index in [1.165, 1.54) is 0 Å². The van der Waals surface area contributed by atoms with E-state index in [4.69, 9.17) is 4.74 Å². The van der Waals surface area contributed by atoms with E-state index in [9.17, 15) is 9.59 Å². The Labute approximate surface area is 152 Å². The molecule has 1 aliphatic heterocycles. The molecule has 136 valence electrons. The van der Waals surface area contributed by atoms with E-state index in [1.54, 1.807) is 12.1 Å². The molecule has 0 aliphatic carbocycles. The van der Waals surface area contributed by atoms with E-state index in [2.05, 4.69) is 16.0 Å². The minimum atomic E-state index is -0.327.